The average molecular weight is 198 g/mol. The predicted octanol–water partition coefficient (Wildman–Crippen LogP) is 1.06. The minimum Gasteiger partial charge on any atom is -0.387 e. The summed E-state index contributed by atoms with van der Waals surface area (Å²) in [6, 6.07) is 3.74. The van der Waals surface area contributed by atoms with Crippen LogP contribution in [0.5, 0.6) is 0 Å². The summed E-state index contributed by atoms with van der Waals surface area (Å²) in [4.78, 5) is 4.18. The molecule has 0 aliphatic rings. The summed E-state index contributed by atoms with van der Waals surface area (Å²) in [7, 11) is 1.82. The Morgan fingerprint density at radius 1 is 1.69 bits per heavy atom. The molecule has 0 bridgehead atoms. The van der Waals surface area contributed by atoms with Gasteiger partial charge in [0.15, 0.2) is 0 Å². The van der Waals surface area contributed by atoms with Gasteiger partial charge in [0.05, 0.1) is 6.10 Å². The molecule has 1 heterocycles. The van der Waals surface area contributed by atoms with Crippen molar-refractivity contribution in [3.8, 4) is 0 Å². The zero-order chi connectivity index (χ0) is 9.68. The number of hydrogen-bond acceptors (Lipinski definition) is 4. The van der Waals surface area contributed by atoms with Crippen LogP contribution in [-0.2, 0) is 0 Å². The normalized spacial score (nSPS) is 12.8. The third kappa shape index (κ3) is 2.69. The first-order chi connectivity index (χ1) is 6.29. The van der Waals surface area contributed by atoms with Gasteiger partial charge >= 0.3 is 0 Å². The van der Waals surface area contributed by atoms with Gasteiger partial charge in [0, 0.05) is 18.3 Å². The lowest BCUT2D eigenvalue weighted by Gasteiger charge is -2.12. The molecule has 4 heteroatoms. The van der Waals surface area contributed by atoms with Gasteiger partial charge in [-0.3, -0.25) is 0 Å². The maximum atomic E-state index is 9.72. The van der Waals surface area contributed by atoms with Crippen LogP contribution in [0.1, 0.15) is 11.7 Å². The van der Waals surface area contributed by atoms with E-state index in [4.69, 9.17) is 0 Å². The van der Waals surface area contributed by atoms with Crippen LogP contribution >= 0.6 is 11.8 Å². The molecule has 2 N–H and O–H groups in total. The number of pyridine rings is 1. The van der Waals surface area contributed by atoms with Crippen molar-refractivity contribution in [2.75, 3.05) is 19.8 Å². The van der Waals surface area contributed by atoms with Crippen molar-refractivity contribution in [2.24, 2.45) is 0 Å². The summed E-state index contributed by atoms with van der Waals surface area (Å²) in [5.74, 6) is 0. The van der Waals surface area contributed by atoms with Crippen LogP contribution in [0.25, 0.3) is 0 Å². The molecule has 0 spiro atoms. The van der Waals surface area contributed by atoms with Gasteiger partial charge in [0.1, 0.15) is 5.03 Å². The Labute approximate surface area is 82.6 Å². The Morgan fingerprint density at radius 3 is 3.08 bits per heavy atom. The highest BCUT2D eigenvalue weighted by Crippen LogP contribution is 2.22. The molecule has 0 saturated carbocycles. The molecule has 0 aliphatic heterocycles. The highest BCUT2D eigenvalue weighted by Gasteiger charge is 2.10. The van der Waals surface area contributed by atoms with Crippen LogP contribution < -0.4 is 5.32 Å². The SMILES string of the molecule is CNCC(O)c1cccnc1SC. The molecular formula is C9H14N2OS. The van der Waals surface area contributed by atoms with E-state index in [0.717, 1.165) is 10.6 Å². The van der Waals surface area contributed by atoms with E-state index in [9.17, 15) is 5.11 Å². The standard InChI is InChI=1S/C9H14N2OS/c1-10-6-8(12)7-4-3-5-11-9(7)13-2/h3-5,8,10,12H,6H2,1-2H3. The molecule has 1 atom stereocenters. The van der Waals surface area contributed by atoms with E-state index in [-0.39, 0.29) is 0 Å². The Morgan fingerprint density at radius 2 is 2.46 bits per heavy atom. The highest BCUT2D eigenvalue weighted by molar-refractivity contribution is 7.98. The molecule has 1 aromatic rings. The molecule has 1 unspecified atom stereocenters. The quantitative estimate of drug-likeness (QED) is 0.710. The van der Waals surface area contributed by atoms with Gasteiger partial charge in [-0.25, -0.2) is 4.98 Å². The number of thioether (sulfide) groups is 1. The van der Waals surface area contributed by atoms with Gasteiger partial charge in [0.25, 0.3) is 0 Å². The number of rotatable bonds is 4. The van der Waals surface area contributed by atoms with Gasteiger partial charge in [-0.1, -0.05) is 6.07 Å². The van der Waals surface area contributed by atoms with Crippen molar-refractivity contribution < 1.29 is 5.11 Å². The fourth-order valence-electron chi connectivity index (χ4n) is 1.13. The lowest BCUT2D eigenvalue weighted by atomic mass is 10.1. The summed E-state index contributed by atoms with van der Waals surface area (Å²) >= 11 is 1.55. The van der Waals surface area contributed by atoms with Crippen molar-refractivity contribution >= 4 is 11.8 Å². The molecule has 3 nitrogen and oxygen atoms in total. The maximum Gasteiger partial charge on any atom is 0.102 e. The molecule has 0 aliphatic carbocycles. The van der Waals surface area contributed by atoms with Gasteiger partial charge < -0.3 is 10.4 Å². The summed E-state index contributed by atoms with van der Waals surface area (Å²) in [6.07, 6.45) is 3.22. The van der Waals surface area contributed by atoms with E-state index < -0.39 is 6.10 Å². The molecule has 0 saturated heterocycles. The first-order valence-electron chi connectivity index (χ1n) is 4.11. The summed E-state index contributed by atoms with van der Waals surface area (Å²) < 4.78 is 0. The molecule has 13 heavy (non-hydrogen) atoms. The van der Waals surface area contributed by atoms with Crippen molar-refractivity contribution in [3.05, 3.63) is 23.9 Å². The third-order valence-electron chi connectivity index (χ3n) is 1.75. The second kappa shape index (κ2) is 5.21. The van der Waals surface area contributed by atoms with Crippen molar-refractivity contribution in [3.63, 3.8) is 0 Å². The first kappa shape index (κ1) is 10.5. The molecule has 0 amide bonds. The number of nitrogens with zero attached hydrogens (tertiary/aromatic N) is 1. The number of nitrogens with one attached hydrogen (secondary N) is 1. The van der Waals surface area contributed by atoms with E-state index in [2.05, 4.69) is 10.3 Å². The van der Waals surface area contributed by atoms with Crippen LogP contribution in [0.15, 0.2) is 23.4 Å². The second-order valence-corrected chi connectivity index (χ2v) is 3.47. The van der Waals surface area contributed by atoms with Crippen LogP contribution in [0.2, 0.25) is 0 Å². The maximum absolute atomic E-state index is 9.72. The number of aliphatic hydroxyl groups is 1. The van der Waals surface area contributed by atoms with Gasteiger partial charge in [-0.2, -0.15) is 0 Å². The van der Waals surface area contributed by atoms with Crippen LogP contribution in [-0.4, -0.2) is 29.9 Å². The third-order valence-corrected chi connectivity index (χ3v) is 2.48. The largest absolute Gasteiger partial charge is 0.387 e. The van der Waals surface area contributed by atoms with E-state index >= 15 is 0 Å². The smallest absolute Gasteiger partial charge is 0.102 e. The number of hydrogen-bond donors (Lipinski definition) is 2. The Balaban J connectivity index is 2.85. The van der Waals surface area contributed by atoms with Gasteiger partial charge in [-0.05, 0) is 19.4 Å². The molecule has 72 valence electrons. The Kier molecular flexibility index (Phi) is 4.21. The van der Waals surface area contributed by atoms with E-state index in [1.807, 2.05) is 25.4 Å². The monoisotopic (exact) mass is 198 g/mol. The number of aliphatic hydroxyl groups excluding tert-OH is 1. The van der Waals surface area contributed by atoms with Crippen LogP contribution in [0.4, 0.5) is 0 Å². The lowest BCUT2D eigenvalue weighted by Crippen LogP contribution is -2.17. The molecular weight excluding hydrogens is 184 g/mol. The van der Waals surface area contributed by atoms with Crippen LogP contribution in [0, 0.1) is 0 Å². The second-order valence-electron chi connectivity index (χ2n) is 2.68. The van der Waals surface area contributed by atoms with E-state index in [1.165, 1.54) is 0 Å². The molecule has 0 aromatic carbocycles. The molecule has 0 fully saturated rings. The molecule has 0 radical (unpaired) electrons. The minimum atomic E-state index is -0.471. The lowest BCUT2D eigenvalue weighted by molar-refractivity contribution is 0.174. The zero-order valence-corrected chi connectivity index (χ0v) is 8.64. The molecule has 1 rings (SSSR count). The number of likely N-dealkylation sites (N-methyl/N-ethyl adjacent to an activating group) is 1. The van der Waals surface area contributed by atoms with E-state index in [1.54, 1.807) is 18.0 Å². The summed E-state index contributed by atoms with van der Waals surface area (Å²) in [5.41, 5.74) is 0.893. The fraction of sp³-hybridized carbons (Fsp3) is 0.444. The minimum absolute atomic E-state index is 0.471. The zero-order valence-electron chi connectivity index (χ0n) is 7.82. The van der Waals surface area contributed by atoms with Crippen molar-refractivity contribution in [1.82, 2.24) is 10.3 Å². The van der Waals surface area contributed by atoms with Crippen molar-refractivity contribution in [2.45, 2.75) is 11.1 Å². The Hall–Kier alpha value is -0.580. The van der Waals surface area contributed by atoms with Gasteiger partial charge in [-0.15, -0.1) is 11.8 Å². The highest BCUT2D eigenvalue weighted by atomic mass is 32.2. The van der Waals surface area contributed by atoms with E-state index in [0.29, 0.717) is 6.54 Å². The van der Waals surface area contributed by atoms with Gasteiger partial charge in [0.2, 0.25) is 0 Å². The molecule has 1 aromatic heterocycles. The topological polar surface area (TPSA) is 45.1 Å². The predicted molar refractivity (Wildman–Crippen MR) is 54.9 cm³/mol. The average Bonchev–Trinajstić information content (AvgIpc) is 2.18. The summed E-state index contributed by atoms with van der Waals surface area (Å²) in [5, 5.41) is 13.5. The van der Waals surface area contributed by atoms with Crippen molar-refractivity contribution in [1.29, 1.82) is 0 Å². The first-order valence-corrected chi connectivity index (χ1v) is 5.33. The Bertz CT molecular complexity index is 268. The fourth-order valence-corrected chi connectivity index (χ4v) is 1.74. The summed E-state index contributed by atoms with van der Waals surface area (Å²) in [6.45, 7) is 0.555. The van der Waals surface area contributed by atoms with Crippen LogP contribution in [0.3, 0.4) is 0 Å². The number of aromatic nitrogens is 1.